The summed E-state index contributed by atoms with van der Waals surface area (Å²) in [6.45, 7) is 0. The monoisotopic (exact) mass is 337 g/mol. The van der Waals surface area contributed by atoms with Gasteiger partial charge in [0.25, 0.3) is 0 Å². The third-order valence-electron chi connectivity index (χ3n) is 5.41. The number of hydrogen-bond donors (Lipinski definition) is 2. The molecule has 132 valence electrons. The number of halogens is 1. The fourth-order valence-electron chi connectivity index (χ4n) is 4.02. The third kappa shape index (κ3) is 3.75. The van der Waals surface area contributed by atoms with Crippen molar-refractivity contribution < 1.29 is 24.2 Å². The molecule has 0 atom stereocenters. The van der Waals surface area contributed by atoms with Gasteiger partial charge in [0, 0.05) is 5.54 Å². The number of benzene rings is 1. The summed E-state index contributed by atoms with van der Waals surface area (Å²) in [7, 11) is 3.85. The highest BCUT2D eigenvalue weighted by Gasteiger charge is 2.46. The van der Waals surface area contributed by atoms with Crippen LogP contribution in [0.5, 0.6) is 0 Å². The average Bonchev–Trinajstić information content (AvgIpc) is 2.46. The van der Waals surface area contributed by atoms with Crippen LogP contribution in [0, 0.1) is 11.2 Å². The Morgan fingerprint density at radius 2 is 1.62 bits per heavy atom. The summed E-state index contributed by atoms with van der Waals surface area (Å²) in [4.78, 5) is 24.5. The van der Waals surface area contributed by atoms with Crippen LogP contribution >= 0.6 is 0 Å². The molecular formula is C18H24FNO4. The molecule has 0 aromatic heterocycles. The molecule has 24 heavy (non-hydrogen) atoms. The summed E-state index contributed by atoms with van der Waals surface area (Å²) in [5, 5.41) is 18.4. The molecule has 0 saturated heterocycles. The van der Waals surface area contributed by atoms with Crippen molar-refractivity contribution in [1.29, 1.82) is 0 Å². The summed E-state index contributed by atoms with van der Waals surface area (Å²) >= 11 is 0. The maximum absolute atomic E-state index is 13.7. The maximum atomic E-state index is 13.7. The van der Waals surface area contributed by atoms with Crippen LogP contribution in [0.1, 0.15) is 44.1 Å². The van der Waals surface area contributed by atoms with E-state index in [1.54, 1.807) is 6.07 Å². The summed E-state index contributed by atoms with van der Waals surface area (Å²) in [6.07, 6.45) is 1.88. The van der Waals surface area contributed by atoms with Crippen LogP contribution in [-0.2, 0) is 15.1 Å². The Hall–Kier alpha value is -1.95. The Morgan fingerprint density at radius 3 is 2.04 bits per heavy atom. The molecular weight excluding hydrogens is 313 g/mol. The van der Waals surface area contributed by atoms with E-state index in [9.17, 15) is 24.2 Å². The van der Waals surface area contributed by atoms with Crippen LogP contribution < -0.4 is 0 Å². The topological polar surface area (TPSA) is 77.8 Å². The van der Waals surface area contributed by atoms with E-state index in [0.717, 1.165) is 5.56 Å². The van der Waals surface area contributed by atoms with Crippen LogP contribution in [0.3, 0.4) is 0 Å². The van der Waals surface area contributed by atoms with E-state index in [0.29, 0.717) is 25.7 Å². The molecule has 2 rings (SSSR count). The number of carbonyl (C=O) groups is 2. The normalized spacial score (nSPS) is 19.2. The van der Waals surface area contributed by atoms with E-state index in [1.165, 1.54) is 12.1 Å². The lowest BCUT2D eigenvalue weighted by atomic mass is 9.62. The molecule has 0 heterocycles. The number of nitrogens with zero attached hydrogens (tertiary/aromatic N) is 1. The summed E-state index contributed by atoms with van der Waals surface area (Å²) < 4.78 is 13.7. The zero-order valence-corrected chi connectivity index (χ0v) is 14.1. The largest absolute Gasteiger partial charge is 0.481 e. The van der Waals surface area contributed by atoms with Crippen LogP contribution in [-0.4, -0.2) is 41.1 Å². The average molecular weight is 337 g/mol. The van der Waals surface area contributed by atoms with Gasteiger partial charge in [-0.3, -0.25) is 14.5 Å². The van der Waals surface area contributed by atoms with Crippen molar-refractivity contribution in [1.82, 2.24) is 4.90 Å². The standard InChI is InChI=1S/C18H24FNO4/c1-20(2)18(13-4-3-5-14(19)10-13)8-6-17(7-9-18,11-15(21)22)12-16(23)24/h3-5,10H,6-9,11-12H2,1-2H3,(H,21,22)(H,23,24). The second-order valence-corrected chi connectivity index (χ2v) is 7.08. The first kappa shape index (κ1) is 18.4. The predicted molar refractivity (Wildman–Crippen MR) is 87.2 cm³/mol. The first-order valence-corrected chi connectivity index (χ1v) is 8.06. The molecule has 0 unspecified atom stereocenters. The van der Waals surface area contributed by atoms with Crippen LogP contribution in [0.15, 0.2) is 24.3 Å². The van der Waals surface area contributed by atoms with Gasteiger partial charge >= 0.3 is 11.9 Å². The van der Waals surface area contributed by atoms with Gasteiger partial charge in [-0.2, -0.15) is 0 Å². The molecule has 1 aromatic rings. The van der Waals surface area contributed by atoms with Crippen molar-refractivity contribution in [3.63, 3.8) is 0 Å². The molecule has 1 aromatic carbocycles. The smallest absolute Gasteiger partial charge is 0.303 e. The van der Waals surface area contributed by atoms with E-state index in [4.69, 9.17) is 0 Å². The molecule has 0 spiro atoms. The fourth-order valence-corrected chi connectivity index (χ4v) is 4.02. The number of carboxylic acids is 2. The minimum atomic E-state index is -0.973. The van der Waals surface area contributed by atoms with E-state index >= 15 is 0 Å². The van der Waals surface area contributed by atoms with Gasteiger partial charge in [0.2, 0.25) is 0 Å². The number of aliphatic carboxylic acids is 2. The van der Waals surface area contributed by atoms with Crippen molar-refractivity contribution >= 4 is 11.9 Å². The lowest BCUT2D eigenvalue weighted by Crippen LogP contribution is -2.47. The molecule has 6 heteroatoms. The van der Waals surface area contributed by atoms with Gasteiger partial charge in [0.15, 0.2) is 0 Å². The minimum Gasteiger partial charge on any atom is -0.481 e. The van der Waals surface area contributed by atoms with Gasteiger partial charge in [-0.15, -0.1) is 0 Å². The first-order chi connectivity index (χ1) is 11.2. The van der Waals surface area contributed by atoms with Gasteiger partial charge in [0.1, 0.15) is 5.82 Å². The van der Waals surface area contributed by atoms with Crippen molar-refractivity contribution in [3.05, 3.63) is 35.6 Å². The second-order valence-electron chi connectivity index (χ2n) is 7.08. The zero-order chi connectivity index (χ0) is 18.0. The quantitative estimate of drug-likeness (QED) is 0.834. The Labute approximate surface area is 141 Å². The van der Waals surface area contributed by atoms with Crippen LogP contribution in [0.4, 0.5) is 4.39 Å². The molecule has 1 saturated carbocycles. The predicted octanol–water partition coefficient (Wildman–Crippen LogP) is 3.09. The molecule has 0 radical (unpaired) electrons. The van der Waals surface area contributed by atoms with E-state index < -0.39 is 22.9 Å². The SMILES string of the molecule is CN(C)C1(c2cccc(F)c2)CCC(CC(=O)O)(CC(=O)O)CC1. The highest BCUT2D eigenvalue weighted by Crippen LogP contribution is 2.51. The molecule has 0 bridgehead atoms. The van der Waals surface area contributed by atoms with Crippen molar-refractivity contribution in [2.24, 2.45) is 5.41 Å². The Morgan fingerprint density at radius 1 is 1.08 bits per heavy atom. The molecule has 1 aliphatic rings. The first-order valence-electron chi connectivity index (χ1n) is 8.06. The van der Waals surface area contributed by atoms with E-state index in [-0.39, 0.29) is 18.7 Å². The summed E-state index contributed by atoms with van der Waals surface area (Å²) in [5.74, 6) is -2.25. The van der Waals surface area contributed by atoms with Gasteiger partial charge in [-0.05, 0) is 62.9 Å². The highest BCUT2D eigenvalue weighted by atomic mass is 19.1. The third-order valence-corrected chi connectivity index (χ3v) is 5.41. The highest BCUT2D eigenvalue weighted by molar-refractivity contribution is 5.72. The van der Waals surface area contributed by atoms with Gasteiger partial charge < -0.3 is 10.2 Å². The molecule has 0 aliphatic heterocycles. The van der Waals surface area contributed by atoms with Gasteiger partial charge in [-0.25, -0.2) is 4.39 Å². The second kappa shape index (κ2) is 6.89. The summed E-state index contributed by atoms with van der Waals surface area (Å²) in [5.41, 5.74) is -0.278. The number of rotatable bonds is 6. The summed E-state index contributed by atoms with van der Waals surface area (Å²) in [6, 6.07) is 6.47. The Bertz CT molecular complexity index is 603. The molecule has 1 aliphatic carbocycles. The molecule has 1 fully saturated rings. The number of carboxylic acid groups (broad SMARTS) is 2. The van der Waals surface area contributed by atoms with E-state index in [1.807, 2.05) is 25.1 Å². The maximum Gasteiger partial charge on any atom is 0.303 e. The Balaban J connectivity index is 2.31. The van der Waals surface area contributed by atoms with Crippen molar-refractivity contribution in [3.8, 4) is 0 Å². The fraction of sp³-hybridized carbons (Fsp3) is 0.556. The van der Waals surface area contributed by atoms with E-state index in [2.05, 4.69) is 0 Å². The number of hydrogen-bond acceptors (Lipinski definition) is 3. The van der Waals surface area contributed by atoms with Crippen molar-refractivity contribution in [2.75, 3.05) is 14.1 Å². The van der Waals surface area contributed by atoms with Gasteiger partial charge in [0.05, 0.1) is 12.8 Å². The molecule has 5 nitrogen and oxygen atoms in total. The molecule has 2 N–H and O–H groups in total. The van der Waals surface area contributed by atoms with Gasteiger partial charge in [-0.1, -0.05) is 12.1 Å². The van der Waals surface area contributed by atoms with Crippen LogP contribution in [0.2, 0.25) is 0 Å². The van der Waals surface area contributed by atoms with Crippen molar-refractivity contribution in [2.45, 2.75) is 44.1 Å². The van der Waals surface area contributed by atoms with Crippen LogP contribution in [0.25, 0.3) is 0 Å². The lowest BCUT2D eigenvalue weighted by molar-refractivity contribution is -0.146. The Kier molecular flexibility index (Phi) is 5.28. The molecule has 0 amide bonds. The zero-order valence-electron chi connectivity index (χ0n) is 14.1. The lowest BCUT2D eigenvalue weighted by Gasteiger charge is -2.49. The minimum absolute atomic E-state index is 0.147.